The Hall–Kier alpha value is -0.220. The van der Waals surface area contributed by atoms with Gasteiger partial charge < -0.3 is 0 Å². The van der Waals surface area contributed by atoms with Crippen LogP contribution in [0.5, 0.6) is 0 Å². The predicted octanol–water partition coefficient (Wildman–Crippen LogP) is 1.93. The van der Waals surface area contributed by atoms with Gasteiger partial charge in [0.05, 0.1) is 0 Å². The maximum atomic E-state index is 12.2. The molecule has 2 nitrogen and oxygen atoms in total. The van der Waals surface area contributed by atoms with E-state index in [0.717, 1.165) is 0 Å². The fraction of sp³-hybridized carbons (Fsp3) is 0.600. The number of carbonyl (C=O) groups excluding carboxylic acids is 2. The van der Waals surface area contributed by atoms with Crippen LogP contribution in [-0.4, -0.2) is 16.4 Å². The molecule has 6 heteroatoms. The molecular formula is C5H4Cl2F2O2. The summed E-state index contributed by atoms with van der Waals surface area (Å²) in [7, 11) is 0. The number of hydrogen-bond acceptors (Lipinski definition) is 2. The van der Waals surface area contributed by atoms with Crippen LogP contribution in [0.1, 0.15) is 12.8 Å². The molecule has 0 aromatic carbocycles. The van der Waals surface area contributed by atoms with E-state index in [2.05, 4.69) is 11.6 Å². The van der Waals surface area contributed by atoms with Gasteiger partial charge in [0.25, 0.3) is 5.24 Å². The van der Waals surface area contributed by atoms with Gasteiger partial charge in [0.1, 0.15) is 0 Å². The second kappa shape index (κ2) is 3.97. The number of halogens is 4. The molecule has 0 amide bonds. The van der Waals surface area contributed by atoms with Gasteiger partial charge in [-0.05, 0) is 23.2 Å². The van der Waals surface area contributed by atoms with Crippen LogP contribution in [0, 0.1) is 0 Å². The minimum Gasteiger partial charge on any atom is -0.281 e. The molecular weight excluding hydrogens is 201 g/mol. The molecule has 0 aliphatic heterocycles. The van der Waals surface area contributed by atoms with E-state index in [9.17, 15) is 18.4 Å². The quantitative estimate of drug-likeness (QED) is 0.657. The molecule has 0 radical (unpaired) electrons. The smallest absolute Gasteiger partial charge is 0.281 e. The Kier molecular flexibility index (Phi) is 3.89. The maximum absolute atomic E-state index is 12.2. The zero-order chi connectivity index (χ0) is 9.07. The van der Waals surface area contributed by atoms with Crippen LogP contribution in [-0.2, 0) is 9.59 Å². The first-order valence-corrected chi connectivity index (χ1v) is 3.38. The van der Waals surface area contributed by atoms with Crippen LogP contribution in [0.2, 0.25) is 0 Å². The summed E-state index contributed by atoms with van der Waals surface area (Å²) in [6.07, 6.45) is -1.50. The highest BCUT2D eigenvalue weighted by molar-refractivity contribution is 6.65. The molecule has 0 spiro atoms. The number of hydrogen-bond donors (Lipinski definition) is 0. The summed E-state index contributed by atoms with van der Waals surface area (Å²) < 4.78 is 24.4. The second-order valence-corrected chi connectivity index (χ2v) is 2.60. The summed E-state index contributed by atoms with van der Waals surface area (Å²) >= 11 is 9.27. The Labute approximate surface area is 71.5 Å². The standard InChI is InChI=1S/C5H4Cl2F2O2/c6-3(10)1-2-5(8,9)4(7)11/h1-2H2. The Morgan fingerprint density at radius 2 is 1.73 bits per heavy atom. The van der Waals surface area contributed by atoms with Gasteiger partial charge in [-0.2, -0.15) is 8.78 Å². The average molecular weight is 205 g/mol. The third-order valence-electron chi connectivity index (χ3n) is 0.923. The lowest BCUT2D eigenvalue weighted by molar-refractivity contribution is -0.135. The van der Waals surface area contributed by atoms with Gasteiger partial charge in [-0.1, -0.05) is 0 Å². The van der Waals surface area contributed by atoms with Crippen molar-refractivity contribution in [1.29, 1.82) is 0 Å². The van der Waals surface area contributed by atoms with Crippen molar-refractivity contribution < 1.29 is 18.4 Å². The predicted molar refractivity (Wildman–Crippen MR) is 35.9 cm³/mol. The van der Waals surface area contributed by atoms with E-state index in [0.29, 0.717) is 0 Å². The Morgan fingerprint density at radius 3 is 2.00 bits per heavy atom. The summed E-state index contributed by atoms with van der Waals surface area (Å²) in [6, 6.07) is 0. The molecule has 0 heterocycles. The molecule has 11 heavy (non-hydrogen) atoms. The number of carbonyl (C=O) groups is 2. The molecule has 0 aromatic rings. The van der Waals surface area contributed by atoms with E-state index >= 15 is 0 Å². The SMILES string of the molecule is O=C(Cl)CCC(F)(F)C(=O)Cl. The Morgan fingerprint density at radius 1 is 1.27 bits per heavy atom. The summed E-state index contributed by atoms with van der Waals surface area (Å²) in [6.45, 7) is 0. The van der Waals surface area contributed by atoms with E-state index < -0.39 is 29.2 Å². The van der Waals surface area contributed by atoms with Crippen molar-refractivity contribution in [3.05, 3.63) is 0 Å². The van der Waals surface area contributed by atoms with E-state index in [-0.39, 0.29) is 0 Å². The first kappa shape index (κ1) is 10.8. The molecule has 0 rings (SSSR count). The average Bonchev–Trinajstić information content (AvgIpc) is 1.84. The molecule has 0 atom stereocenters. The molecule has 0 aromatic heterocycles. The van der Waals surface area contributed by atoms with Crippen molar-refractivity contribution in [2.75, 3.05) is 0 Å². The van der Waals surface area contributed by atoms with Crippen molar-refractivity contribution in [2.45, 2.75) is 18.8 Å². The van der Waals surface area contributed by atoms with E-state index in [1.807, 2.05) is 0 Å². The van der Waals surface area contributed by atoms with Gasteiger partial charge in [0.2, 0.25) is 5.24 Å². The second-order valence-electron chi connectivity index (χ2n) is 1.83. The molecule has 0 N–H and O–H groups in total. The van der Waals surface area contributed by atoms with E-state index in [1.54, 1.807) is 0 Å². The lowest BCUT2D eigenvalue weighted by Crippen LogP contribution is -2.24. The topological polar surface area (TPSA) is 34.1 Å². The van der Waals surface area contributed by atoms with Crippen LogP contribution in [0.3, 0.4) is 0 Å². The minimum absolute atomic E-state index is 0.562. The largest absolute Gasteiger partial charge is 0.320 e. The van der Waals surface area contributed by atoms with Gasteiger partial charge in [0, 0.05) is 12.8 Å². The Bertz CT molecular complexity index is 181. The lowest BCUT2D eigenvalue weighted by atomic mass is 10.2. The summed E-state index contributed by atoms with van der Waals surface area (Å²) in [5.41, 5.74) is 0. The monoisotopic (exact) mass is 204 g/mol. The molecule has 0 unspecified atom stereocenters. The lowest BCUT2D eigenvalue weighted by Gasteiger charge is -2.07. The van der Waals surface area contributed by atoms with E-state index in [4.69, 9.17) is 11.6 Å². The third-order valence-corrected chi connectivity index (χ3v) is 1.39. The van der Waals surface area contributed by atoms with Gasteiger partial charge in [-0.25, -0.2) is 0 Å². The zero-order valence-corrected chi connectivity index (χ0v) is 6.75. The molecule has 0 aliphatic rings. The van der Waals surface area contributed by atoms with Crippen LogP contribution in [0.15, 0.2) is 0 Å². The highest BCUT2D eigenvalue weighted by Gasteiger charge is 2.37. The van der Waals surface area contributed by atoms with Gasteiger partial charge in [-0.15, -0.1) is 0 Å². The first-order chi connectivity index (χ1) is 4.86. The van der Waals surface area contributed by atoms with Crippen molar-refractivity contribution in [3.63, 3.8) is 0 Å². The molecule has 0 bridgehead atoms. The highest BCUT2D eigenvalue weighted by atomic mass is 35.5. The summed E-state index contributed by atoms with van der Waals surface area (Å²) in [5, 5.41) is -2.68. The summed E-state index contributed by atoms with van der Waals surface area (Å²) in [5.74, 6) is -3.65. The normalized spacial score (nSPS) is 11.3. The fourth-order valence-corrected chi connectivity index (χ4v) is 0.543. The zero-order valence-electron chi connectivity index (χ0n) is 5.24. The third kappa shape index (κ3) is 4.27. The van der Waals surface area contributed by atoms with E-state index in [1.165, 1.54) is 0 Å². The van der Waals surface area contributed by atoms with Gasteiger partial charge in [-0.3, -0.25) is 9.59 Å². The molecule has 0 aliphatic carbocycles. The minimum atomic E-state index is -3.65. The van der Waals surface area contributed by atoms with Crippen molar-refractivity contribution in [3.8, 4) is 0 Å². The summed E-state index contributed by atoms with van der Waals surface area (Å²) in [4.78, 5) is 19.9. The molecule has 0 saturated heterocycles. The van der Waals surface area contributed by atoms with Crippen LogP contribution in [0.25, 0.3) is 0 Å². The van der Waals surface area contributed by atoms with Crippen molar-refractivity contribution in [2.24, 2.45) is 0 Å². The highest BCUT2D eigenvalue weighted by Crippen LogP contribution is 2.23. The maximum Gasteiger partial charge on any atom is 0.320 e. The number of rotatable bonds is 4. The number of alkyl halides is 2. The van der Waals surface area contributed by atoms with Crippen molar-refractivity contribution in [1.82, 2.24) is 0 Å². The van der Waals surface area contributed by atoms with Gasteiger partial charge >= 0.3 is 5.92 Å². The van der Waals surface area contributed by atoms with Crippen molar-refractivity contribution >= 4 is 33.7 Å². The molecule has 64 valence electrons. The van der Waals surface area contributed by atoms with Gasteiger partial charge in [0.15, 0.2) is 0 Å². The molecule has 0 fully saturated rings. The van der Waals surface area contributed by atoms with Crippen LogP contribution < -0.4 is 0 Å². The van der Waals surface area contributed by atoms with Crippen LogP contribution >= 0.6 is 23.2 Å². The fourth-order valence-electron chi connectivity index (χ4n) is 0.354. The van der Waals surface area contributed by atoms with Crippen LogP contribution in [0.4, 0.5) is 8.78 Å². The Balaban J connectivity index is 3.92. The molecule has 0 saturated carbocycles. The first-order valence-electron chi connectivity index (χ1n) is 2.62.